The molecule has 0 bridgehead atoms. The number of hydrogen-bond acceptors (Lipinski definition) is 3. The number of hydrogen-bond donors (Lipinski definition) is 1. The molecule has 1 fully saturated rings. The zero-order valence-corrected chi connectivity index (χ0v) is 32.8. The Balaban J connectivity index is 1.02. The Morgan fingerprint density at radius 2 is 1.21 bits per heavy atom. The summed E-state index contributed by atoms with van der Waals surface area (Å²) in [6, 6.07) is 51.7. The number of aliphatic imine (C=N–C) groups is 2. The predicted octanol–water partition coefficient (Wildman–Crippen LogP) is 13.0. The lowest BCUT2D eigenvalue weighted by Crippen LogP contribution is -2.36. The number of amidine groups is 2. The Labute approximate surface area is 336 Å². The van der Waals surface area contributed by atoms with Crippen LogP contribution in [0.25, 0.3) is 33.4 Å². The molecule has 1 N–H and O–H groups in total. The van der Waals surface area contributed by atoms with Crippen LogP contribution >= 0.6 is 0 Å². The van der Waals surface area contributed by atoms with Crippen molar-refractivity contribution >= 4 is 11.7 Å². The number of rotatable bonds is 5. The van der Waals surface area contributed by atoms with Crippen LogP contribution in [0.3, 0.4) is 0 Å². The minimum absolute atomic E-state index is 0.0527. The van der Waals surface area contributed by atoms with Crippen LogP contribution in [-0.2, 0) is 10.8 Å². The van der Waals surface area contributed by atoms with Crippen LogP contribution in [0.2, 0.25) is 0 Å². The summed E-state index contributed by atoms with van der Waals surface area (Å²) in [6.45, 7) is 4.81. The van der Waals surface area contributed by atoms with Gasteiger partial charge in [0.25, 0.3) is 0 Å². The van der Waals surface area contributed by atoms with E-state index in [1.54, 1.807) is 5.56 Å². The fourth-order valence-corrected chi connectivity index (χ4v) is 10.8. The van der Waals surface area contributed by atoms with E-state index < -0.39 is 0 Å². The third kappa shape index (κ3) is 5.46. The molecule has 1 aliphatic heterocycles. The molecule has 3 heteroatoms. The summed E-state index contributed by atoms with van der Waals surface area (Å²) in [6.07, 6.45) is 13.7. The van der Waals surface area contributed by atoms with Gasteiger partial charge in [0.15, 0.2) is 6.17 Å². The molecule has 11 rings (SSSR count). The molecular weight excluding hydrogens is 691 g/mol. The van der Waals surface area contributed by atoms with Gasteiger partial charge in [-0.15, -0.1) is 0 Å². The second kappa shape index (κ2) is 13.3. The van der Waals surface area contributed by atoms with Gasteiger partial charge in [0.2, 0.25) is 0 Å². The van der Waals surface area contributed by atoms with Gasteiger partial charge in [0, 0.05) is 27.9 Å². The first-order valence-corrected chi connectivity index (χ1v) is 20.9. The summed E-state index contributed by atoms with van der Waals surface area (Å²) in [5, 5.41) is 3.63. The molecule has 1 saturated carbocycles. The molecule has 1 spiro atoms. The van der Waals surface area contributed by atoms with E-state index in [0.29, 0.717) is 5.92 Å². The average molecular weight is 738 g/mol. The smallest absolute Gasteiger partial charge is 0.169 e. The Morgan fingerprint density at radius 3 is 2.02 bits per heavy atom. The highest BCUT2D eigenvalue weighted by atomic mass is 15.2. The van der Waals surface area contributed by atoms with Crippen LogP contribution in [0.4, 0.5) is 0 Å². The molecule has 278 valence electrons. The second-order valence-corrected chi connectivity index (χ2v) is 17.2. The summed E-state index contributed by atoms with van der Waals surface area (Å²) in [4.78, 5) is 10.6. The van der Waals surface area contributed by atoms with Crippen LogP contribution in [0.5, 0.6) is 0 Å². The number of benzene rings is 6. The highest BCUT2D eigenvalue weighted by Crippen LogP contribution is 2.61. The monoisotopic (exact) mass is 737 g/mol. The van der Waals surface area contributed by atoms with E-state index >= 15 is 0 Å². The lowest BCUT2D eigenvalue weighted by atomic mass is 9.67. The molecule has 6 aromatic rings. The van der Waals surface area contributed by atoms with E-state index in [9.17, 15) is 0 Å². The van der Waals surface area contributed by atoms with Crippen molar-refractivity contribution in [3.8, 4) is 33.4 Å². The van der Waals surface area contributed by atoms with Crippen LogP contribution < -0.4 is 5.32 Å². The Kier molecular flexibility index (Phi) is 7.96. The summed E-state index contributed by atoms with van der Waals surface area (Å²) in [5.41, 5.74) is 18.8. The molecule has 1 heterocycles. The first-order valence-electron chi connectivity index (χ1n) is 20.9. The second-order valence-electron chi connectivity index (χ2n) is 17.2. The fourth-order valence-electron chi connectivity index (χ4n) is 10.8. The van der Waals surface area contributed by atoms with Crippen molar-refractivity contribution in [3.05, 3.63) is 202 Å². The molecular formula is C54H47N3. The van der Waals surface area contributed by atoms with Crippen molar-refractivity contribution in [3.63, 3.8) is 0 Å². The molecule has 5 aliphatic rings. The van der Waals surface area contributed by atoms with Gasteiger partial charge in [0.1, 0.15) is 11.7 Å². The molecule has 57 heavy (non-hydrogen) atoms. The minimum Gasteiger partial charge on any atom is -0.324 e. The van der Waals surface area contributed by atoms with Crippen molar-refractivity contribution in [1.29, 1.82) is 0 Å². The fraction of sp³-hybridized carbons (Fsp3) is 0.222. The van der Waals surface area contributed by atoms with E-state index in [-0.39, 0.29) is 17.0 Å². The zero-order chi connectivity index (χ0) is 38.1. The maximum absolute atomic E-state index is 5.33. The molecule has 2 atom stereocenters. The van der Waals surface area contributed by atoms with E-state index in [1.165, 1.54) is 87.7 Å². The van der Waals surface area contributed by atoms with E-state index in [0.717, 1.165) is 34.8 Å². The molecule has 0 amide bonds. The highest BCUT2D eigenvalue weighted by molar-refractivity contribution is 6.16. The van der Waals surface area contributed by atoms with Crippen LogP contribution in [-0.4, -0.2) is 11.7 Å². The van der Waals surface area contributed by atoms with Crippen molar-refractivity contribution in [2.45, 2.75) is 75.3 Å². The molecule has 3 nitrogen and oxygen atoms in total. The van der Waals surface area contributed by atoms with Crippen molar-refractivity contribution < 1.29 is 0 Å². The number of fused-ring (bicyclic) bond motifs is 8. The van der Waals surface area contributed by atoms with Crippen LogP contribution in [0.15, 0.2) is 173 Å². The Morgan fingerprint density at radius 1 is 0.544 bits per heavy atom. The van der Waals surface area contributed by atoms with Crippen molar-refractivity contribution in [1.82, 2.24) is 5.32 Å². The van der Waals surface area contributed by atoms with E-state index in [1.807, 2.05) is 0 Å². The SMILES string of the molecule is CC1(C)c2ccccc2-c2cc3c(cc21)-c1c(-c2cccc(C4N=C(C5=CCC(c6ccccc6)C=C5)NC(c5ccccc5)=N4)c2)cccc1C31CCCCC1. The summed E-state index contributed by atoms with van der Waals surface area (Å²) in [5.74, 6) is 2.08. The Bertz CT molecular complexity index is 2690. The topological polar surface area (TPSA) is 36.8 Å². The van der Waals surface area contributed by atoms with Gasteiger partial charge in [0.05, 0.1) is 0 Å². The lowest BCUT2D eigenvalue weighted by molar-refractivity contribution is 0.353. The lowest BCUT2D eigenvalue weighted by Gasteiger charge is -2.36. The molecule has 6 aromatic carbocycles. The average Bonchev–Trinajstić information content (AvgIpc) is 3.67. The van der Waals surface area contributed by atoms with Gasteiger partial charge >= 0.3 is 0 Å². The normalized spacial score (nSPS) is 20.7. The predicted molar refractivity (Wildman–Crippen MR) is 236 cm³/mol. The minimum atomic E-state index is -0.381. The summed E-state index contributed by atoms with van der Waals surface area (Å²) >= 11 is 0. The van der Waals surface area contributed by atoms with Gasteiger partial charge in [-0.1, -0.05) is 173 Å². The first-order chi connectivity index (χ1) is 28.0. The largest absolute Gasteiger partial charge is 0.324 e. The molecule has 0 aromatic heterocycles. The van der Waals surface area contributed by atoms with Gasteiger partial charge in [-0.2, -0.15) is 0 Å². The number of nitrogens with zero attached hydrogens (tertiary/aromatic N) is 2. The quantitative estimate of drug-likeness (QED) is 0.188. The number of nitrogens with one attached hydrogen (secondary N) is 1. The maximum Gasteiger partial charge on any atom is 0.169 e. The summed E-state index contributed by atoms with van der Waals surface area (Å²) in [7, 11) is 0. The standard InChI is InChI=1S/C54H47N3/c1-53(2)45-24-11-10-22-42(45)43-33-48-44(34-47(43)53)49-41(23-15-25-46(49)54(48)30-12-5-13-31-54)39-20-14-21-40(32-39)52-56-50(37-18-8-4-9-19-37)55-51(57-52)38-28-26-36(27-29-38)35-16-6-3-7-17-35/h3-4,6-11,14-26,28-29,32-34,36,52H,5,12-13,27,30-31H2,1-2H3,(H,55,56,57). The van der Waals surface area contributed by atoms with Crippen molar-refractivity contribution in [2.24, 2.45) is 9.98 Å². The number of allylic oxidation sites excluding steroid dienone is 2. The van der Waals surface area contributed by atoms with E-state index in [2.05, 4.69) is 177 Å². The maximum atomic E-state index is 5.33. The van der Waals surface area contributed by atoms with E-state index in [4.69, 9.17) is 9.98 Å². The van der Waals surface area contributed by atoms with Gasteiger partial charge < -0.3 is 5.32 Å². The van der Waals surface area contributed by atoms with Gasteiger partial charge in [-0.25, -0.2) is 9.98 Å². The first kappa shape index (κ1) is 34.2. The zero-order valence-electron chi connectivity index (χ0n) is 32.8. The summed E-state index contributed by atoms with van der Waals surface area (Å²) < 4.78 is 0. The van der Waals surface area contributed by atoms with Crippen molar-refractivity contribution in [2.75, 3.05) is 0 Å². The van der Waals surface area contributed by atoms with Gasteiger partial charge in [-0.3, -0.25) is 0 Å². The molecule has 0 radical (unpaired) electrons. The molecule has 4 aliphatic carbocycles. The van der Waals surface area contributed by atoms with Crippen LogP contribution in [0, 0.1) is 0 Å². The Hall–Kier alpha value is -6.06. The highest BCUT2D eigenvalue weighted by Gasteiger charge is 2.47. The third-order valence-electron chi connectivity index (χ3n) is 13.7. The molecule has 2 unspecified atom stereocenters. The van der Waals surface area contributed by atoms with Gasteiger partial charge in [-0.05, 0) is 104 Å². The molecule has 0 saturated heterocycles. The third-order valence-corrected chi connectivity index (χ3v) is 13.7. The van der Waals surface area contributed by atoms with Crippen LogP contribution in [0.1, 0.15) is 103 Å².